The Hall–Kier alpha value is -3.44. The highest BCUT2D eigenvalue weighted by molar-refractivity contribution is 6.18. The van der Waals surface area contributed by atoms with E-state index in [0.717, 1.165) is 24.3 Å². The van der Waals surface area contributed by atoms with E-state index in [-0.39, 0.29) is 29.7 Å². The second-order valence-corrected chi connectivity index (χ2v) is 6.49. The third kappa shape index (κ3) is 4.84. The van der Waals surface area contributed by atoms with Gasteiger partial charge in [-0.1, -0.05) is 6.07 Å². The number of nitrogen functional groups attached to an aromatic ring is 1. The van der Waals surface area contributed by atoms with Crippen molar-refractivity contribution >= 4 is 28.9 Å². The van der Waals surface area contributed by atoms with Gasteiger partial charge < -0.3 is 21.5 Å². The molecule has 0 radical (unpaired) electrons. The number of rotatable bonds is 7. The topological polar surface area (TPSA) is 129 Å². The summed E-state index contributed by atoms with van der Waals surface area (Å²) in [4.78, 5) is 24.2. The van der Waals surface area contributed by atoms with Gasteiger partial charge in [0.1, 0.15) is 35.4 Å². The Labute approximate surface area is 179 Å². The number of pyridine rings is 1. The SMILES string of the molecule is NCC(CCl)Oc1ncncc1NC(=O)c1nc(-c2c(F)cccc2F)c(F)cc1N. The summed E-state index contributed by atoms with van der Waals surface area (Å²) in [5.74, 6) is -4.08. The molecule has 0 fully saturated rings. The molecule has 1 unspecified atom stereocenters. The minimum absolute atomic E-state index is 0.0273. The number of halogens is 4. The minimum atomic E-state index is -1.10. The average molecular weight is 453 g/mol. The summed E-state index contributed by atoms with van der Waals surface area (Å²) in [6.45, 7) is 0.0882. The van der Waals surface area contributed by atoms with Gasteiger partial charge in [-0.15, -0.1) is 11.6 Å². The van der Waals surface area contributed by atoms with Gasteiger partial charge in [-0.2, -0.15) is 4.98 Å². The normalized spacial score (nSPS) is 11.8. The number of alkyl halides is 1. The molecule has 2 aromatic heterocycles. The van der Waals surface area contributed by atoms with E-state index in [1.807, 2.05) is 0 Å². The molecule has 3 rings (SSSR count). The molecular formula is C19H16ClF3N6O2. The number of nitrogens with two attached hydrogens (primary N) is 2. The van der Waals surface area contributed by atoms with Crippen LogP contribution in [-0.4, -0.2) is 39.4 Å². The van der Waals surface area contributed by atoms with Gasteiger partial charge in [-0.05, 0) is 12.1 Å². The van der Waals surface area contributed by atoms with E-state index in [1.165, 1.54) is 12.5 Å². The van der Waals surface area contributed by atoms with E-state index < -0.39 is 46.4 Å². The van der Waals surface area contributed by atoms with Gasteiger partial charge in [0.15, 0.2) is 11.5 Å². The van der Waals surface area contributed by atoms with Gasteiger partial charge in [0.2, 0.25) is 5.88 Å². The minimum Gasteiger partial charge on any atom is -0.470 e. The number of hydrogen-bond acceptors (Lipinski definition) is 7. The lowest BCUT2D eigenvalue weighted by atomic mass is 10.1. The summed E-state index contributed by atoms with van der Waals surface area (Å²) in [6.07, 6.45) is 1.83. The lowest BCUT2D eigenvalue weighted by Gasteiger charge is -2.16. The second kappa shape index (κ2) is 9.58. The van der Waals surface area contributed by atoms with E-state index in [2.05, 4.69) is 20.3 Å². The molecule has 3 aromatic rings. The molecule has 1 amide bonds. The Morgan fingerprint density at radius 1 is 1.23 bits per heavy atom. The number of nitrogens with zero attached hydrogens (tertiary/aromatic N) is 3. The fourth-order valence-corrected chi connectivity index (χ4v) is 2.75. The first-order valence-corrected chi connectivity index (χ1v) is 9.33. The van der Waals surface area contributed by atoms with E-state index in [1.54, 1.807) is 0 Å². The van der Waals surface area contributed by atoms with Crippen LogP contribution in [0.3, 0.4) is 0 Å². The zero-order chi connectivity index (χ0) is 22.5. The van der Waals surface area contributed by atoms with Crippen LogP contribution in [0.1, 0.15) is 10.5 Å². The number of ether oxygens (including phenoxy) is 1. The van der Waals surface area contributed by atoms with E-state index in [4.69, 9.17) is 27.8 Å². The molecular weight excluding hydrogens is 437 g/mol. The molecule has 0 aliphatic carbocycles. The maximum Gasteiger partial charge on any atom is 0.276 e. The first kappa shape index (κ1) is 22.2. The van der Waals surface area contributed by atoms with E-state index >= 15 is 0 Å². The number of amides is 1. The Morgan fingerprint density at radius 3 is 2.58 bits per heavy atom. The number of hydrogen-bond donors (Lipinski definition) is 3. The predicted octanol–water partition coefficient (Wildman–Crippen LogP) is 2.74. The standard InChI is InChI=1S/C19H16ClF3N6O2/c20-5-9(6-24)31-19-14(7-26-8-27-19)28-18(30)17-13(25)4-12(23)16(29-17)15-10(21)2-1-3-11(15)22/h1-4,7-9H,5-6,24-25H2,(H,28,30). The van der Waals surface area contributed by atoms with Gasteiger partial charge in [0.25, 0.3) is 5.91 Å². The van der Waals surface area contributed by atoms with Crippen molar-refractivity contribution in [3.63, 3.8) is 0 Å². The van der Waals surface area contributed by atoms with Crippen LogP contribution in [0.25, 0.3) is 11.3 Å². The van der Waals surface area contributed by atoms with Crippen molar-refractivity contribution in [3.05, 3.63) is 59.9 Å². The van der Waals surface area contributed by atoms with Gasteiger partial charge in [0, 0.05) is 12.6 Å². The smallest absolute Gasteiger partial charge is 0.276 e. The van der Waals surface area contributed by atoms with Crippen LogP contribution >= 0.6 is 11.6 Å². The number of benzene rings is 1. The molecule has 0 saturated carbocycles. The van der Waals surface area contributed by atoms with Crippen LogP contribution in [0.15, 0.2) is 36.8 Å². The van der Waals surface area contributed by atoms with Gasteiger partial charge in [-0.3, -0.25) is 4.79 Å². The fraction of sp³-hybridized carbons (Fsp3) is 0.158. The van der Waals surface area contributed by atoms with Crippen LogP contribution in [0.5, 0.6) is 5.88 Å². The largest absolute Gasteiger partial charge is 0.470 e. The van der Waals surface area contributed by atoms with Crippen molar-refractivity contribution in [2.24, 2.45) is 5.73 Å². The number of carbonyl (C=O) groups excluding carboxylic acids is 1. The molecule has 0 saturated heterocycles. The van der Waals surface area contributed by atoms with Crippen LogP contribution in [-0.2, 0) is 0 Å². The molecule has 8 nitrogen and oxygen atoms in total. The zero-order valence-electron chi connectivity index (χ0n) is 15.8. The summed E-state index contributed by atoms with van der Waals surface area (Å²) in [5, 5.41) is 2.42. The molecule has 1 aromatic carbocycles. The highest BCUT2D eigenvalue weighted by Gasteiger charge is 2.23. The molecule has 0 spiro atoms. The van der Waals surface area contributed by atoms with Crippen molar-refractivity contribution in [2.75, 3.05) is 23.5 Å². The van der Waals surface area contributed by atoms with Crippen LogP contribution < -0.4 is 21.5 Å². The summed E-state index contributed by atoms with van der Waals surface area (Å²) in [5.41, 5.74) is 9.02. The fourth-order valence-electron chi connectivity index (χ4n) is 2.56. The highest BCUT2D eigenvalue weighted by Crippen LogP contribution is 2.29. The van der Waals surface area contributed by atoms with E-state index in [0.29, 0.717) is 0 Å². The zero-order valence-corrected chi connectivity index (χ0v) is 16.5. The first-order chi connectivity index (χ1) is 14.8. The molecule has 0 aliphatic heterocycles. The Kier molecular flexibility index (Phi) is 6.88. The first-order valence-electron chi connectivity index (χ1n) is 8.80. The monoisotopic (exact) mass is 452 g/mol. The van der Waals surface area contributed by atoms with Crippen molar-refractivity contribution in [3.8, 4) is 17.1 Å². The molecule has 2 heterocycles. The Morgan fingerprint density at radius 2 is 1.94 bits per heavy atom. The molecule has 0 aliphatic rings. The maximum atomic E-state index is 14.4. The van der Waals surface area contributed by atoms with Gasteiger partial charge in [0.05, 0.1) is 23.3 Å². The number of anilines is 2. The van der Waals surface area contributed by atoms with Gasteiger partial charge in [-0.25, -0.2) is 23.1 Å². The summed E-state index contributed by atoms with van der Waals surface area (Å²) in [7, 11) is 0. The Bertz CT molecular complexity index is 1090. The third-order valence-electron chi connectivity index (χ3n) is 4.06. The van der Waals surface area contributed by atoms with E-state index in [9.17, 15) is 18.0 Å². The summed E-state index contributed by atoms with van der Waals surface area (Å²) in [6, 6.07) is 3.74. The molecule has 1 atom stereocenters. The lowest BCUT2D eigenvalue weighted by Crippen LogP contribution is -2.29. The summed E-state index contributed by atoms with van der Waals surface area (Å²) < 4.78 is 48.1. The summed E-state index contributed by atoms with van der Waals surface area (Å²) >= 11 is 5.75. The number of aromatic nitrogens is 3. The average Bonchev–Trinajstić information content (AvgIpc) is 2.74. The predicted molar refractivity (Wildman–Crippen MR) is 108 cm³/mol. The highest BCUT2D eigenvalue weighted by atomic mass is 35.5. The van der Waals surface area contributed by atoms with Crippen LogP contribution in [0.4, 0.5) is 24.5 Å². The third-order valence-corrected chi connectivity index (χ3v) is 4.40. The maximum absolute atomic E-state index is 14.4. The quantitative estimate of drug-likeness (QED) is 0.470. The molecule has 0 bridgehead atoms. The lowest BCUT2D eigenvalue weighted by molar-refractivity contribution is 0.102. The second-order valence-electron chi connectivity index (χ2n) is 6.18. The number of carbonyl (C=O) groups is 1. The van der Waals surface area contributed by atoms with Crippen LogP contribution in [0, 0.1) is 17.5 Å². The van der Waals surface area contributed by atoms with Crippen molar-refractivity contribution in [2.45, 2.75) is 6.10 Å². The van der Waals surface area contributed by atoms with Crippen molar-refractivity contribution in [1.82, 2.24) is 15.0 Å². The molecule has 12 heteroatoms. The number of nitrogens with one attached hydrogen (secondary N) is 1. The molecule has 162 valence electrons. The molecule has 5 N–H and O–H groups in total. The van der Waals surface area contributed by atoms with Gasteiger partial charge >= 0.3 is 0 Å². The molecule has 31 heavy (non-hydrogen) atoms. The van der Waals surface area contributed by atoms with Crippen LogP contribution in [0.2, 0.25) is 0 Å². The Balaban J connectivity index is 1.97. The van der Waals surface area contributed by atoms with Crippen molar-refractivity contribution < 1.29 is 22.7 Å². The van der Waals surface area contributed by atoms with Crippen molar-refractivity contribution in [1.29, 1.82) is 0 Å².